The van der Waals surface area contributed by atoms with E-state index in [4.69, 9.17) is 5.11 Å². The summed E-state index contributed by atoms with van der Waals surface area (Å²) in [6, 6.07) is 0. The number of nitrogens with one attached hydrogen (secondary N) is 1. The van der Waals surface area contributed by atoms with Crippen LogP contribution >= 0.6 is 0 Å². The van der Waals surface area contributed by atoms with Crippen LogP contribution in [0, 0.1) is 25.7 Å². The zero-order valence-electron chi connectivity index (χ0n) is 12.9. The minimum absolute atomic E-state index is 0.0119. The van der Waals surface area contributed by atoms with Gasteiger partial charge in [0, 0.05) is 13.6 Å². The molecule has 0 radical (unpaired) electrons. The number of rotatable bonds is 5. The third kappa shape index (κ3) is 3.68. The Kier molecular flexibility index (Phi) is 5.23. The van der Waals surface area contributed by atoms with Gasteiger partial charge in [-0.3, -0.25) is 14.4 Å². The topological polar surface area (TPSA) is 101 Å². The molecule has 0 aliphatic rings. The lowest BCUT2D eigenvalue weighted by Gasteiger charge is -2.17. The van der Waals surface area contributed by atoms with E-state index in [1.807, 2.05) is 0 Å². The number of aliphatic carboxylic acids is 1. The number of carboxylic acid groups (broad SMARTS) is 1. The fourth-order valence-electron chi connectivity index (χ4n) is 2.02. The molecule has 1 atom stereocenters. The van der Waals surface area contributed by atoms with Gasteiger partial charge in [-0.2, -0.15) is 5.10 Å². The predicted octanol–water partition coefficient (Wildman–Crippen LogP) is 0.484. The maximum Gasteiger partial charge on any atom is 0.308 e. The molecule has 7 heteroatoms. The molecule has 1 aromatic heterocycles. The Morgan fingerprint density at radius 1 is 1.33 bits per heavy atom. The molecule has 0 aliphatic heterocycles. The van der Waals surface area contributed by atoms with Crippen LogP contribution in [0.3, 0.4) is 0 Å². The van der Waals surface area contributed by atoms with Gasteiger partial charge < -0.3 is 10.4 Å². The Bertz CT molecular complexity index is 619. The molecule has 0 bridgehead atoms. The number of hydrogen-bond donors (Lipinski definition) is 2. The van der Waals surface area contributed by atoms with Crippen LogP contribution in [0.5, 0.6) is 0 Å². The first-order chi connectivity index (χ1) is 9.66. The van der Waals surface area contributed by atoms with E-state index in [9.17, 15) is 14.4 Å². The molecule has 0 aliphatic carbocycles. The van der Waals surface area contributed by atoms with E-state index in [1.165, 1.54) is 7.05 Å². The lowest BCUT2D eigenvalue weighted by molar-refractivity contribution is -0.142. The molecule has 0 saturated carbocycles. The van der Waals surface area contributed by atoms with E-state index in [1.54, 1.807) is 27.7 Å². The van der Waals surface area contributed by atoms with Crippen molar-refractivity contribution >= 4 is 11.9 Å². The van der Waals surface area contributed by atoms with E-state index >= 15 is 0 Å². The van der Waals surface area contributed by atoms with Crippen molar-refractivity contribution in [3.8, 4) is 0 Å². The highest BCUT2D eigenvalue weighted by atomic mass is 16.4. The zero-order valence-corrected chi connectivity index (χ0v) is 12.9. The summed E-state index contributed by atoms with van der Waals surface area (Å²) >= 11 is 0. The van der Waals surface area contributed by atoms with E-state index < -0.39 is 23.4 Å². The molecule has 7 nitrogen and oxygen atoms in total. The van der Waals surface area contributed by atoms with Gasteiger partial charge in [-0.1, -0.05) is 13.8 Å². The van der Waals surface area contributed by atoms with E-state index in [0.717, 1.165) is 4.68 Å². The molecule has 1 amide bonds. The van der Waals surface area contributed by atoms with Crippen molar-refractivity contribution in [1.29, 1.82) is 0 Å². The Hall–Kier alpha value is -2.18. The molecule has 1 heterocycles. The Balaban J connectivity index is 3.01. The van der Waals surface area contributed by atoms with Gasteiger partial charge in [-0.05, 0) is 25.3 Å². The van der Waals surface area contributed by atoms with Gasteiger partial charge in [0.1, 0.15) is 5.56 Å². The van der Waals surface area contributed by atoms with Crippen molar-refractivity contribution in [3.63, 3.8) is 0 Å². The second-order valence-electron chi connectivity index (χ2n) is 5.41. The molecule has 1 rings (SSSR count). The molecule has 116 valence electrons. The number of carbonyl (C=O) groups is 2. The summed E-state index contributed by atoms with van der Waals surface area (Å²) in [5.41, 5.74) is 0.609. The average Bonchev–Trinajstić information content (AvgIpc) is 2.36. The van der Waals surface area contributed by atoms with Crippen LogP contribution in [0.2, 0.25) is 0 Å². The number of aryl methyl sites for hydroxylation is 2. The first-order valence-corrected chi connectivity index (χ1v) is 6.72. The largest absolute Gasteiger partial charge is 0.481 e. The summed E-state index contributed by atoms with van der Waals surface area (Å²) < 4.78 is 1.11. The summed E-state index contributed by atoms with van der Waals surface area (Å²) in [6.07, 6.45) is 0. The summed E-state index contributed by atoms with van der Waals surface area (Å²) in [6.45, 7) is 6.88. The maximum absolute atomic E-state index is 12.2. The zero-order chi connectivity index (χ0) is 16.3. The Morgan fingerprint density at radius 2 is 1.90 bits per heavy atom. The van der Waals surface area contributed by atoms with Gasteiger partial charge in [-0.25, -0.2) is 4.68 Å². The summed E-state index contributed by atoms with van der Waals surface area (Å²) in [7, 11) is 1.47. The lowest BCUT2D eigenvalue weighted by Crippen LogP contribution is -2.39. The molecule has 1 aromatic rings. The van der Waals surface area contributed by atoms with Crippen LogP contribution in [0.25, 0.3) is 0 Å². The van der Waals surface area contributed by atoms with Crippen molar-refractivity contribution in [3.05, 3.63) is 27.2 Å². The van der Waals surface area contributed by atoms with Crippen LogP contribution in [0.4, 0.5) is 0 Å². The highest BCUT2D eigenvalue weighted by Gasteiger charge is 2.24. The number of carboxylic acids is 1. The highest BCUT2D eigenvalue weighted by molar-refractivity contribution is 5.95. The van der Waals surface area contributed by atoms with Gasteiger partial charge in [0.2, 0.25) is 0 Å². The van der Waals surface area contributed by atoms with Crippen molar-refractivity contribution < 1.29 is 14.7 Å². The van der Waals surface area contributed by atoms with Crippen LogP contribution in [-0.2, 0) is 11.8 Å². The van der Waals surface area contributed by atoms with Crippen molar-refractivity contribution in [2.45, 2.75) is 27.7 Å². The summed E-state index contributed by atoms with van der Waals surface area (Å²) in [5.74, 6) is -2.35. The minimum atomic E-state index is -0.971. The third-order valence-corrected chi connectivity index (χ3v) is 3.56. The van der Waals surface area contributed by atoms with Crippen LogP contribution in [-0.4, -0.2) is 33.3 Å². The van der Waals surface area contributed by atoms with Crippen molar-refractivity contribution in [2.75, 3.05) is 6.54 Å². The minimum Gasteiger partial charge on any atom is -0.481 e. The maximum atomic E-state index is 12.2. The number of amides is 1. The quantitative estimate of drug-likeness (QED) is 0.823. The molecule has 0 aromatic carbocycles. The smallest absolute Gasteiger partial charge is 0.308 e. The Morgan fingerprint density at radius 3 is 2.38 bits per heavy atom. The fourth-order valence-corrected chi connectivity index (χ4v) is 2.02. The SMILES string of the molecule is Cc1nn(C)c(=O)c(C(=O)NCC(C(=O)O)C(C)C)c1C. The van der Waals surface area contributed by atoms with Crippen LogP contribution in [0.1, 0.15) is 35.5 Å². The molecule has 21 heavy (non-hydrogen) atoms. The second kappa shape index (κ2) is 6.51. The third-order valence-electron chi connectivity index (χ3n) is 3.56. The Labute approximate surface area is 123 Å². The van der Waals surface area contributed by atoms with E-state index in [2.05, 4.69) is 10.4 Å². The fraction of sp³-hybridized carbons (Fsp3) is 0.571. The van der Waals surface area contributed by atoms with Gasteiger partial charge in [0.15, 0.2) is 0 Å². The van der Waals surface area contributed by atoms with Gasteiger partial charge in [0.25, 0.3) is 11.5 Å². The number of carbonyl (C=O) groups excluding carboxylic acids is 1. The molecule has 2 N–H and O–H groups in total. The van der Waals surface area contributed by atoms with Gasteiger partial charge in [-0.15, -0.1) is 0 Å². The lowest BCUT2D eigenvalue weighted by atomic mass is 9.96. The number of nitrogens with zero attached hydrogens (tertiary/aromatic N) is 2. The van der Waals surface area contributed by atoms with Crippen LogP contribution in [0.15, 0.2) is 4.79 Å². The van der Waals surface area contributed by atoms with Gasteiger partial charge in [0.05, 0.1) is 11.6 Å². The first kappa shape index (κ1) is 16.9. The second-order valence-corrected chi connectivity index (χ2v) is 5.41. The van der Waals surface area contributed by atoms with Crippen molar-refractivity contribution in [1.82, 2.24) is 15.1 Å². The summed E-state index contributed by atoms with van der Waals surface area (Å²) in [5, 5.41) is 15.6. The first-order valence-electron chi connectivity index (χ1n) is 6.72. The predicted molar refractivity (Wildman–Crippen MR) is 77.2 cm³/mol. The number of hydrogen-bond acceptors (Lipinski definition) is 4. The number of aromatic nitrogens is 2. The molecule has 0 spiro atoms. The van der Waals surface area contributed by atoms with E-state index in [-0.39, 0.29) is 18.0 Å². The summed E-state index contributed by atoms with van der Waals surface area (Å²) in [4.78, 5) is 35.3. The molecule has 0 saturated heterocycles. The molecule has 1 unspecified atom stereocenters. The average molecular weight is 295 g/mol. The normalized spacial score (nSPS) is 12.3. The standard InChI is InChI=1S/C14H21N3O4/c1-7(2)10(14(20)21)6-15-12(18)11-8(3)9(4)16-17(5)13(11)19/h7,10H,6H2,1-5H3,(H,15,18)(H,20,21). The molecule has 0 fully saturated rings. The molecular weight excluding hydrogens is 274 g/mol. The van der Waals surface area contributed by atoms with Crippen LogP contribution < -0.4 is 10.9 Å². The molecular formula is C14H21N3O4. The van der Waals surface area contributed by atoms with Gasteiger partial charge >= 0.3 is 5.97 Å². The van der Waals surface area contributed by atoms with E-state index in [0.29, 0.717) is 11.3 Å². The highest BCUT2D eigenvalue weighted by Crippen LogP contribution is 2.11. The monoisotopic (exact) mass is 295 g/mol. The van der Waals surface area contributed by atoms with Crippen molar-refractivity contribution in [2.24, 2.45) is 18.9 Å².